The zero-order valence-electron chi connectivity index (χ0n) is 13.2. The van der Waals surface area contributed by atoms with Gasteiger partial charge in [-0.05, 0) is 43.4 Å². The largest absolute Gasteiger partial charge is 0.497 e. The Balaban J connectivity index is 2.04. The molecule has 21 heavy (non-hydrogen) atoms. The van der Waals surface area contributed by atoms with Crippen molar-refractivity contribution >= 4 is 5.91 Å². The summed E-state index contributed by atoms with van der Waals surface area (Å²) in [5.41, 5.74) is 6.64. The summed E-state index contributed by atoms with van der Waals surface area (Å²) in [6.45, 7) is 4.14. The number of hydrogen-bond donors (Lipinski definition) is 2. The van der Waals surface area contributed by atoms with Crippen molar-refractivity contribution in [3.05, 3.63) is 29.8 Å². The first kappa shape index (κ1) is 15.8. The Kier molecular flexibility index (Phi) is 4.88. The van der Waals surface area contributed by atoms with Gasteiger partial charge in [-0.15, -0.1) is 0 Å². The van der Waals surface area contributed by atoms with Crippen LogP contribution in [0.3, 0.4) is 0 Å². The van der Waals surface area contributed by atoms with Crippen LogP contribution in [0, 0.1) is 5.92 Å². The number of nitrogens with one attached hydrogen (secondary N) is 1. The zero-order chi connectivity index (χ0) is 15.5. The number of ether oxygens (including phenoxy) is 1. The van der Waals surface area contributed by atoms with Crippen molar-refractivity contribution in [2.45, 2.75) is 51.1 Å². The van der Waals surface area contributed by atoms with E-state index in [9.17, 15) is 4.79 Å². The zero-order valence-corrected chi connectivity index (χ0v) is 13.2. The summed E-state index contributed by atoms with van der Waals surface area (Å²) in [6.07, 6.45) is 3.73. The Labute approximate surface area is 127 Å². The summed E-state index contributed by atoms with van der Waals surface area (Å²) in [6, 6.07) is 7.67. The lowest BCUT2D eigenvalue weighted by Gasteiger charge is -2.36. The van der Waals surface area contributed by atoms with Crippen LogP contribution in [0.25, 0.3) is 0 Å². The van der Waals surface area contributed by atoms with Gasteiger partial charge in [-0.25, -0.2) is 0 Å². The fourth-order valence-corrected chi connectivity index (χ4v) is 3.13. The highest BCUT2D eigenvalue weighted by Gasteiger charge is 2.38. The van der Waals surface area contributed by atoms with Gasteiger partial charge in [0.1, 0.15) is 5.75 Å². The van der Waals surface area contributed by atoms with Crippen LogP contribution >= 0.6 is 0 Å². The Hall–Kier alpha value is -1.55. The number of hydrogen-bond acceptors (Lipinski definition) is 3. The highest BCUT2D eigenvalue weighted by atomic mass is 16.5. The minimum absolute atomic E-state index is 0.0376. The smallest absolute Gasteiger partial charge is 0.240 e. The minimum atomic E-state index is -0.717. The molecule has 2 unspecified atom stereocenters. The van der Waals surface area contributed by atoms with Crippen molar-refractivity contribution in [2.24, 2.45) is 11.7 Å². The van der Waals surface area contributed by atoms with Crippen LogP contribution in [0.4, 0.5) is 0 Å². The second-order valence-corrected chi connectivity index (χ2v) is 6.33. The summed E-state index contributed by atoms with van der Waals surface area (Å²) in [5.74, 6) is 1.27. The molecule has 3 atom stereocenters. The Morgan fingerprint density at radius 1 is 1.52 bits per heavy atom. The molecular weight excluding hydrogens is 264 g/mol. The average Bonchev–Trinajstić information content (AvgIpc) is 2.47. The van der Waals surface area contributed by atoms with E-state index in [4.69, 9.17) is 10.5 Å². The quantitative estimate of drug-likeness (QED) is 0.896. The van der Waals surface area contributed by atoms with E-state index in [0.717, 1.165) is 37.0 Å². The van der Waals surface area contributed by atoms with Crippen LogP contribution < -0.4 is 15.8 Å². The molecule has 0 radical (unpaired) electrons. The van der Waals surface area contributed by atoms with Crippen LogP contribution in [0.5, 0.6) is 5.75 Å². The molecule has 0 saturated heterocycles. The van der Waals surface area contributed by atoms with Gasteiger partial charge < -0.3 is 15.8 Å². The van der Waals surface area contributed by atoms with Crippen molar-refractivity contribution in [1.29, 1.82) is 0 Å². The van der Waals surface area contributed by atoms with E-state index in [1.807, 2.05) is 31.2 Å². The summed E-state index contributed by atoms with van der Waals surface area (Å²) < 4.78 is 5.22. The Bertz CT molecular complexity index is 503. The fourth-order valence-electron chi connectivity index (χ4n) is 3.13. The molecule has 1 aliphatic carbocycles. The average molecular weight is 290 g/mol. The standard InChI is InChI=1S/C17H26N2O2/c1-12-6-5-9-17(18,11-12)16(20)19-13(2)14-7-4-8-15(10-14)21-3/h4,7-8,10,12-13H,5-6,9,11,18H2,1-3H3,(H,19,20)/t12?,13-,17?/m1/s1. The molecule has 1 aliphatic rings. The number of amides is 1. The van der Waals surface area contributed by atoms with Crippen LogP contribution in [0.1, 0.15) is 51.1 Å². The number of methoxy groups -OCH3 is 1. The molecule has 1 aromatic rings. The number of carbonyl (C=O) groups excluding carboxylic acids is 1. The Morgan fingerprint density at radius 3 is 2.95 bits per heavy atom. The molecule has 4 heteroatoms. The predicted molar refractivity (Wildman–Crippen MR) is 84.1 cm³/mol. The molecular formula is C17H26N2O2. The van der Waals surface area contributed by atoms with E-state index in [-0.39, 0.29) is 11.9 Å². The number of benzene rings is 1. The van der Waals surface area contributed by atoms with Crippen molar-refractivity contribution in [3.63, 3.8) is 0 Å². The molecule has 0 bridgehead atoms. The molecule has 0 spiro atoms. The maximum Gasteiger partial charge on any atom is 0.240 e. The molecule has 0 heterocycles. The van der Waals surface area contributed by atoms with E-state index in [1.54, 1.807) is 7.11 Å². The predicted octanol–water partition coefficient (Wildman–Crippen LogP) is 2.78. The first-order chi connectivity index (χ1) is 9.94. The highest BCUT2D eigenvalue weighted by molar-refractivity contribution is 5.86. The molecule has 1 aromatic carbocycles. The molecule has 4 nitrogen and oxygen atoms in total. The molecule has 1 saturated carbocycles. The topological polar surface area (TPSA) is 64.3 Å². The second kappa shape index (κ2) is 6.48. The molecule has 0 aromatic heterocycles. The fraction of sp³-hybridized carbons (Fsp3) is 0.588. The van der Waals surface area contributed by atoms with Gasteiger partial charge in [0.15, 0.2) is 0 Å². The third-order valence-corrected chi connectivity index (χ3v) is 4.43. The number of carbonyl (C=O) groups is 1. The molecule has 2 rings (SSSR count). The van der Waals surface area contributed by atoms with Gasteiger partial charge in [-0.3, -0.25) is 4.79 Å². The van der Waals surface area contributed by atoms with Gasteiger partial charge in [0.25, 0.3) is 0 Å². The van der Waals surface area contributed by atoms with E-state index in [0.29, 0.717) is 5.92 Å². The first-order valence-electron chi connectivity index (χ1n) is 7.68. The SMILES string of the molecule is COc1cccc([C@@H](C)NC(=O)C2(N)CCCC(C)C2)c1. The molecule has 3 N–H and O–H groups in total. The van der Waals surface area contributed by atoms with Crippen LogP contribution in [-0.2, 0) is 4.79 Å². The maximum absolute atomic E-state index is 12.5. The lowest BCUT2D eigenvalue weighted by molar-refractivity contribution is -0.128. The Morgan fingerprint density at radius 2 is 2.29 bits per heavy atom. The molecule has 116 valence electrons. The van der Waals surface area contributed by atoms with Gasteiger partial charge in [0.05, 0.1) is 18.7 Å². The summed E-state index contributed by atoms with van der Waals surface area (Å²) in [7, 11) is 1.64. The van der Waals surface area contributed by atoms with Gasteiger partial charge >= 0.3 is 0 Å². The molecule has 0 aliphatic heterocycles. The van der Waals surface area contributed by atoms with Crippen LogP contribution in [-0.4, -0.2) is 18.6 Å². The van der Waals surface area contributed by atoms with Crippen LogP contribution in [0.15, 0.2) is 24.3 Å². The third kappa shape index (κ3) is 3.76. The van der Waals surface area contributed by atoms with Crippen LogP contribution in [0.2, 0.25) is 0 Å². The van der Waals surface area contributed by atoms with Gasteiger partial charge in [-0.1, -0.05) is 31.9 Å². The monoisotopic (exact) mass is 290 g/mol. The van der Waals surface area contributed by atoms with E-state index >= 15 is 0 Å². The van der Waals surface area contributed by atoms with E-state index in [2.05, 4.69) is 12.2 Å². The van der Waals surface area contributed by atoms with Crippen molar-refractivity contribution in [2.75, 3.05) is 7.11 Å². The number of rotatable bonds is 4. The maximum atomic E-state index is 12.5. The normalized spacial score (nSPS) is 27.0. The lowest BCUT2D eigenvalue weighted by Crippen LogP contribution is -2.56. The summed E-state index contributed by atoms with van der Waals surface area (Å²) >= 11 is 0. The molecule has 1 amide bonds. The highest BCUT2D eigenvalue weighted by Crippen LogP contribution is 2.31. The first-order valence-corrected chi connectivity index (χ1v) is 7.68. The van der Waals surface area contributed by atoms with E-state index in [1.165, 1.54) is 0 Å². The van der Waals surface area contributed by atoms with Gasteiger partial charge in [0, 0.05) is 0 Å². The summed E-state index contributed by atoms with van der Waals surface area (Å²) in [5, 5.41) is 3.06. The lowest BCUT2D eigenvalue weighted by atomic mass is 9.76. The van der Waals surface area contributed by atoms with Crippen molar-refractivity contribution < 1.29 is 9.53 Å². The van der Waals surface area contributed by atoms with Crippen molar-refractivity contribution in [3.8, 4) is 5.75 Å². The van der Waals surface area contributed by atoms with Crippen molar-refractivity contribution in [1.82, 2.24) is 5.32 Å². The van der Waals surface area contributed by atoms with Gasteiger partial charge in [0.2, 0.25) is 5.91 Å². The summed E-state index contributed by atoms with van der Waals surface area (Å²) in [4.78, 5) is 12.5. The van der Waals surface area contributed by atoms with Gasteiger partial charge in [-0.2, -0.15) is 0 Å². The minimum Gasteiger partial charge on any atom is -0.497 e. The third-order valence-electron chi connectivity index (χ3n) is 4.43. The number of nitrogens with two attached hydrogens (primary N) is 1. The van der Waals surface area contributed by atoms with E-state index < -0.39 is 5.54 Å². The second-order valence-electron chi connectivity index (χ2n) is 6.33. The molecule has 1 fully saturated rings.